The minimum Gasteiger partial charge on any atom is -0.326 e. The average molecular weight is 487 g/mol. The van der Waals surface area contributed by atoms with E-state index < -0.39 is 0 Å². The highest BCUT2D eigenvalue weighted by Gasteiger charge is 2.11. The highest BCUT2D eigenvalue weighted by atomic mass is 127. The molecule has 2 aromatic rings. The Hall–Kier alpha value is -1.41. The molecule has 2 aromatic carbocycles. The van der Waals surface area contributed by atoms with Crippen LogP contribution in [0.25, 0.3) is 0 Å². The van der Waals surface area contributed by atoms with Gasteiger partial charge in [0, 0.05) is 25.3 Å². The first-order valence-corrected chi connectivity index (χ1v) is 8.91. The zero-order valence-corrected chi connectivity index (χ0v) is 16.4. The van der Waals surface area contributed by atoms with Gasteiger partial charge in [0.2, 0.25) is 5.91 Å². The van der Waals surface area contributed by atoms with Gasteiger partial charge in [0.25, 0.3) is 5.91 Å². The zero-order chi connectivity index (χ0) is 17.0. The molecule has 2 N–H and O–H groups in total. The highest BCUT2D eigenvalue weighted by Crippen LogP contribution is 2.20. The van der Waals surface area contributed by atoms with Crippen molar-refractivity contribution in [1.29, 1.82) is 0 Å². The third kappa shape index (κ3) is 5.04. The molecule has 0 bridgehead atoms. The van der Waals surface area contributed by atoms with Gasteiger partial charge in [0.1, 0.15) is 0 Å². The predicted octanol–water partition coefficient (Wildman–Crippen LogP) is 4.90. The minimum absolute atomic E-state index is 0.0366. The summed E-state index contributed by atoms with van der Waals surface area (Å²) >= 11 is 5.50. The van der Waals surface area contributed by atoms with Crippen molar-refractivity contribution in [2.24, 2.45) is 5.92 Å². The number of benzene rings is 2. The van der Waals surface area contributed by atoms with Crippen LogP contribution in [0.4, 0.5) is 11.4 Å². The summed E-state index contributed by atoms with van der Waals surface area (Å²) in [6.45, 7) is 3.67. The van der Waals surface area contributed by atoms with Crippen molar-refractivity contribution in [2.45, 2.75) is 13.8 Å². The number of nitrogens with one attached hydrogen (secondary N) is 2. The van der Waals surface area contributed by atoms with Crippen LogP contribution in [0.5, 0.6) is 0 Å². The molecule has 0 spiro atoms. The van der Waals surface area contributed by atoms with Crippen molar-refractivity contribution >= 4 is 61.7 Å². The summed E-state index contributed by atoms with van der Waals surface area (Å²) in [4.78, 5) is 24.0. The predicted molar refractivity (Wildman–Crippen MR) is 105 cm³/mol. The molecule has 0 aliphatic heterocycles. The van der Waals surface area contributed by atoms with Crippen molar-refractivity contribution < 1.29 is 9.59 Å². The SMILES string of the molecule is CC(C)C(=O)Nc1ccc(NC(=O)c2cc(Br)ccc2I)cc1. The zero-order valence-electron chi connectivity index (χ0n) is 12.7. The fraction of sp³-hybridized carbons (Fsp3) is 0.176. The third-order valence-electron chi connectivity index (χ3n) is 3.11. The van der Waals surface area contributed by atoms with Crippen LogP contribution in [-0.2, 0) is 4.79 Å². The smallest absolute Gasteiger partial charge is 0.256 e. The first-order chi connectivity index (χ1) is 10.9. The van der Waals surface area contributed by atoms with Crippen molar-refractivity contribution in [1.82, 2.24) is 0 Å². The van der Waals surface area contributed by atoms with E-state index in [1.54, 1.807) is 30.3 Å². The van der Waals surface area contributed by atoms with Gasteiger partial charge < -0.3 is 10.6 Å². The molecule has 23 heavy (non-hydrogen) atoms. The van der Waals surface area contributed by atoms with Crippen LogP contribution in [0.1, 0.15) is 24.2 Å². The molecule has 120 valence electrons. The second-order valence-electron chi connectivity index (χ2n) is 5.30. The monoisotopic (exact) mass is 486 g/mol. The van der Waals surface area contributed by atoms with Gasteiger partial charge in [-0.3, -0.25) is 9.59 Å². The van der Waals surface area contributed by atoms with E-state index in [4.69, 9.17) is 0 Å². The molecule has 2 amide bonds. The van der Waals surface area contributed by atoms with Gasteiger partial charge >= 0.3 is 0 Å². The van der Waals surface area contributed by atoms with E-state index in [-0.39, 0.29) is 17.7 Å². The lowest BCUT2D eigenvalue weighted by molar-refractivity contribution is -0.118. The summed E-state index contributed by atoms with van der Waals surface area (Å²) in [5, 5.41) is 5.66. The molecule has 6 heteroatoms. The van der Waals surface area contributed by atoms with E-state index in [0.717, 1.165) is 8.04 Å². The number of amides is 2. The lowest BCUT2D eigenvalue weighted by Crippen LogP contribution is -2.17. The molecule has 0 aromatic heterocycles. The standard InChI is InChI=1S/C17H16BrIN2O2/c1-10(2)16(22)20-12-4-6-13(7-5-12)21-17(23)14-9-11(18)3-8-15(14)19/h3-10H,1-2H3,(H,20,22)(H,21,23). The summed E-state index contributed by atoms with van der Waals surface area (Å²) in [5.41, 5.74) is 1.99. The van der Waals surface area contributed by atoms with Crippen LogP contribution >= 0.6 is 38.5 Å². The molecule has 0 aliphatic rings. The number of rotatable bonds is 4. The van der Waals surface area contributed by atoms with E-state index in [9.17, 15) is 9.59 Å². The van der Waals surface area contributed by atoms with Crippen molar-refractivity contribution in [2.75, 3.05) is 10.6 Å². The summed E-state index contributed by atoms with van der Waals surface area (Å²) in [6.07, 6.45) is 0. The molecule has 0 unspecified atom stereocenters. The van der Waals surface area contributed by atoms with Gasteiger partial charge in [-0.15, -0.1) is 0 Å². The quantitative estimate of drug-likeness (QED) is 0.604. The Morgan fingerprint density at radius 2 is 1.57 bits per heavy atom. The maximum absolute atomic E-state index is 12.3. The van der Waals surface area contributed by atoms with Crippen LogP contribution in [0.3, 0.4) is 0 Å². The van der Waals surface area contributed by atoms with Crippen LogP contribution in [-0.4, -0.2) is 11.8 Å². The van der Waals surface area contributed by atoms with E-state index in [1.165, 1.54) is 0 Å². The number of halogens is 2. The fourth-order valence-corrected chi connectivity index (χ4v) is 2.73. The first kappa shape index (κ1) is 17.9. The van der Waals surface area contributed by atoms with Crippen LogP contribution in [0, 0.1) is 9.49 Å². The van der Waals surface area contributed by atoms with Crippen LogP contribution < -0.4 is 10.6 Å². The Kier molecular flexibility index (Phi) is 6.17. The maximum atomic E-state index is 12.3. The second kappa shape index (κ2) is 7.92. The van der Waals surface area contributed by atoms with Crippen molar-refractivity contribution in [3.8, 4) is 0 Å². The van der Waals surface area contributed by atoms with Gasteiger partial charge in [-0.05, 0) is 65.1 Å². The summed E-state index contributed by atoms with van der Waals surface area (Å²) in [5.74, 6) is -0.284. The molecule has 0 heterocycles. The molecular weight excluding hydrogens is 471 g/mol. The number of hydrogen-bond acceptors (Lipinski definition) is 2. The molecule has 0 fully saturated rings. The number of carbonyl (C=O) groups is 2. The lowest BCUT2D eigenvalue weighted by Gasteiger charge is -2.10. The molecule has 2 rings (SSSR count). The van der Waals surface area contributed by atoms with Gasteiger partial charge in [-0.25, -0.2) is 0 Å². The Balaban J connectivity index is 2.07. The molecule has 0 radical (unpaired) electrons. The topological polar surface area (TPSA) is 58.2 Å². The van der Waals surface area contributed by atoms with Crippen LogP contribution in [0.15, 0.2) is 46.9 Å². The molecule has 0 atom stereocenters. The van der Waals surface area contributed by atoms with Crippen molar-refractivity contribution in [3.05, 3.63) is 56.1 Å². The van der Waals surface area contributed by atoms with Gasteiger partial charge in [-0.1, -0.05) is 29.8 Å². The summed E-state index contributed by atoms with van der Waals surface area (Å²) in [6, 6.07) is 12.6. The highest BCUT2D eigenvalue weighted by molar-refractivity contribution is 14.1. The lowest BCUT2D eigenvalue weighted by atomic mass is 10.2. The van der Waals surface area contributed by atoms with E-state index >= 15 is 0 Å². The summed E-state index contributed by atoms with van der Waals surface area (Å²) < 4.78 is 1.74. The van der Waals surface area contributed by atoms with Crippen molar-refractivity contribution in [3.63, 3.8) is 0 Å². The van der Waals surface area contributed by atoms with Gasteiger partial charge in [0.15, 0.2) is 0 Å². The number of hydrogen-bond donors (Lipinski definition) is 2. The largest absolute Gasteiger partial charge is 0.326 e. The average Bonchev–Trinajstić information content (AvgIpc) is 2.51. The summed E-state index contributed by atoms with van der Waals surface area (Å²) in [7, 11) is 0. The number of carbonyl (C=O) groups excluding carboxylic acids is 2. The molecule has 0 saturated heterocycles. The molecular formula is C17H16BrIN2O2. The Morgan fingerprint density at radius 1 is 1.00 bits per heavy atom. The second-order valence-corrected chi connectivity index (χ2v) is 7.38. The molecule has 0 saturated carbocycles. The van der Waals surface area contributed by atoms with Crippen LogP contribution in [0.2, 0.25) is 0 Å². The molecule has 4 nitrogen and oxygen atoms in total. The molecule has 0 aliphatic carbocycles. The Labute approximate surface area is 157 Å². The minimum atomic E-state index is -0.172. The Bertz CT molecular complexity index is 730. The normalized spacial score (nSPS) is 10.5. The van der Waals surface area contributed by atoms with Gasteiger partial charge in [-0.2, -0.15) is 0 Å². The Morgan fingerprint density at radius 3 is 2.13 bits per heavy atom. The van der Waals surface area contributed by atoms with E-state index in [2.05, 4.69) is 49.2 Å². The maximum Gasteiger partial charge on any atom is 0.256 e. The van der Waals surface area contributed by atoms with E-state index in [1.807, 2.05) is 26.0 Å². The third-order valence-corrected chi connectivity index (χ3v) is 4.54. The first-order valence-electron chi connectivity index (χ1n) is 7.04. The number of anilines is 2. The van der Waals surface area contributed by atoms with Gasteiger partial charge in [0.05, 0.1) is 5.56 Å². The fourth-order valence-electron chi connectivity index (χ4n) is 1.79. The van der Waals surface area contributed by atoms with E-state index in [0.29, 0.717) is 16.9 Å².